The van der Waals surface area contributed by atoms with Gasteiger partial charge in [0.15, 0.2) is 16.7 Å². The number of hydrogen-bond donors (Lipinski definition) is 0. The Bertz CT molecular complexity index is 1760. The van der Waals surface area contributed by atoms with Crippen molar-refractivity contribution in [3.63, 3.8) is 0 Å². The van der Waals surface area contributed by atoms with Gasteiger partial charge in [-0.2, -0.15) is 8.78 Å². The van der Waals surface area contributed by atoms with Gasteiger partial charge in [-0.1, -0.05) is 34.2 Å². The average molecular weight is 648 g/mol. The van der Waals surface area contributed by atoms with Crippen LogP contribution in [-0.2, 0) is 9.47 Å². The number of fused-ring (bicyclic) bond motifs is 3. The fraction of sp³-hybridized carbons (Fsp3) is 0.400. The average Bonchev–Trinajstić information content (AvgIpc) is 3.48. The van der Waals surface area contributed by atoms with Crippen LogP contribution in [0.3, 0.4) is 0 Å². The van der Waals surface area contributed by atoms with E-state index in [4.69, 9.17) is 25.6 Å². The maximum Gasteiger partial charge on any atom is 0.387 e. The third kappa shape index (κ3) is 5.15. The number of benzene rings is 2. The first-order valence-corrected chi connectivity index (χ1v) is 15.3. The van der Waals surface area contributed by atoms with Gasteiger partial charge >= 0.3 is 18.6 Å². The Labute approximate surface area is 257 Å². The minimum Gasteiger partial charge on any atom is -0.465 e. The highest BCUT2D eigenvalue weighted by molar-refractivity contribution is 7.22. The summed E-state index contributed by atoms with van der Waals surface area (Å²) in [5.74, 6) is -1.81. The Hall–Kier alpha value is -3.84. The van der Waals surface area contributed by atoms with Crippen LogP contribution in [0.1, 0.15) is 70.9 Å². The van der Waals surface area contributed by atoms with E-state index < -0.39 is 30.5 Å². The molecule has 2 saturated heterocycles. The fourth-order valence-corrected chi connectivity index (χ4v) is 7.71. The second-order valence-electron chi connectivity index (χ2n) is 11.1. The van der Waals surface area contributed by atoms with Crippen LogP contribution in [-0.4, -0.2) is 54.0 Å². The van der Waals surface area contributed by atoms with E-state index in [1.165, 1.54) is 36.6 Å². The van der Waals surface area contributed by atoms with Crippen molar-refractivity contribution in [3.05, 3.63) is 58.1 Å². The summed E-state index contributed by atoms with van der Waals surface area (Å²) in [5, 5.41) is 4.79. The highest BCUT2D eigenvalue weighted by atomic mass is 35.5. The van der Waals surface area contributed by atoms with E-state index in [-0.39, 0.29) is 56.7 Å². The molecule has 4 aromatic rings. The molecule has 9 nitrogen and oxygen atoms in total. The van der Waals surface area contributed by atoms with Crippen LogP contribution in [0, 0.1) is 5.82 Å². The SMILES string of the molecule is COC(=O)c1cc(F)c2nc(N3[C@@H]4CC[C@H]3C[C@H](OC(=O)c3c(-c5c(Cl)cccc5OC(F)F)noc3C3CC3)C4)sc2c1. The van der Waals surface area contributed by atoms with Crippen molar-refractivity contribution in [2.24, 2.45) is 0 Å². The molecule has 3 aliphatic rings. The topological polar surface area (TPSA) is 104 Å². The Balaban J connectivity index is 1.14. The standard InChI is InChI=1S/C30H25ClF3N3O6S/c1-40-27(38)14-9-19(32)24-21(10-14)44-30(35-24)37-15-7-8-16(37)12-17(11-15)41-28(39)23-25(36-43-26(23)13-5-6-13)22-18(31)3-2-4-20(22)42-29(33)34/h2-4,9-10,13,15-17,29H,5-8,11-12H2,1H3/t15-,16+,17-. The van der Waals surface area contributed by atoms with Crippen LogP contribution in [0.15, 0.2) is 34.9 Å². The van der Waals surface area contributed by atoms with Gasteiger partial charge in [0, 0.05) is 30.8 Å². The van der Waals surface area contributed by atoms with Crippen molar-refractivity contribution in [2.45, 2.75) is 69.2 Å². The number of thiazole rings is 1. The van der Waals surface area contributed by atoms with E-state index in [1.807, 2.05) is 0 Å². The van der Waals surface area contributed by atoms with E-state index in [1.54, 1.807) is 6.07 Å². The lowest BCUT2D eigenvalue weighted by Gasteiger charge is -2.38. The van der Waals surface area contributed by atoms with E-state index in [9.17, 15) is 22.8 Å². The molecule has 3 atom stereocenters. The second kappa shape index (κ2) is 11.3. The molecule has 3 fully saturated rings. The maximum atomic E-state index is 14.8. The van der Waals surface area contributed by atoms with Gasteiger partial charge in [0.05, 0.1) is 28.0 Å². The van der Waals surface area contributed by atoms with Crippen molar-refractivity contribution >= 4 is 50.2 Å². The zero-order valence-corrected chi connectivity index (χ0v) is 24.8. The number of aromatic nitrogens is 2. The number of esters is 2. The van der Waals surface area contributed by atoms with Gasteiger partial charge in [0.25, 0.3) is 0 Å². The van der Waals surface area contributed by atoms with Gasteiger partial charge in [-0.05, 0) is 49.9 Å². The molecule has 4 heterocycles. The third-order valence-electron chi connectivity index (χ3n) is 8.34. The lowest BCUT2D eigenvalue weighted by molar-refractivity contribution is -0.0494. The summed E-state index contributed by atoms with van der Waals surface area (Å²) in [6, 6.07) is 6.97. The van der Waals surface area contributed by atoms with Crippen LogP contribution >= 0.6 is 22.9 Å². The van der Waals surface area contributed by atoms with Gasteiger partial charge in [-0.15, -0.1) is 0 Å². The van der Waals surface area contributed by atoms with Crippen molar-refractivity contribution < 1.29 is 41.5 Å². The highest BCUT2D eigenvalue weighted by Crippen LogP contribution is 2.48. The molecule has 2 aromatic carbocycles. The minimum atomic E-state index is -3.11. The van der Waals surface area contributed by atoms with E-state index in [2.05, 4.69) is 19.8 Å². The number of rotatable bonds is 8. The predicted octanol–water partition coefficient (Wildman–Crippen LogP) is 7.37. The molecule has 2 aromatic heterocycles. The Morgan fingerprint density at radius 2 is 1.86 bits per heavy atom. The number of piperidine rings is 1. The summed E-state index contributed by atoms with van der Waals surface area (Å²) in [6.07, 6.45) is 3.85. The summed E-state index contributed by atoms with van der Waals surface area (Å²) < 4.78 is 62.8. The van der Waals surface area contributed by atoms with Gasteiger partial charge in [0.1, 0.15) is 28.6 Å². The van der Waals surface area contributed by atoms with Crippen LogP contribution in [0.25, 0.3) is 21.5 Å². The number of halogens is 4. The summed E-state index contributed by atoms with van der Waals surface area (Å²) in [6.45, 7) is -3.11. The first kappa shape index (κ1) is 28.9. The van der Waals surface area contributed by atoms with Gasteiger partial charge in [0.2, 0.25) is 0 Å². The second-order valence-corrected chi connectivity index (χ2v) is 12.5. The molecule has 0 unspecified atom stereocenters. The maximum absolute atomic E-state index is 14.8. The van der Waals surface area contributed by atoms with Crippen LogP contribution in [0.4, 0.5) is 18.3 Å². The number of alkyl halides is 2. The molecule has 44 heavy (non-hydrogen) atoms. The first-order valence-electron chi connectivity index (χ1n) is 14.1. The molecule has 2 bridgehead atoms. The molecular formula is C30H25ClF3N3O6S. The number of carbonyl (C=O) groups excluding carboxylic acids is 2. The van der Waals surface area contributed by atoms with E-state index >= 15 is 0 Å². The minimum absolute atomic E-state index is 0.00128. The third-order valence-corrected chi connectivity index (χ3v) is 9.67. The number of carbonyl (C=O) groups is 2. The van der Waals surface area contributed by atoms with Gasteiger partial charge < -0.3 is 23.6 Å². The van der Waals surface area contributed by atoms with Crippen LogP contribution in [0.2, 0.25) is 5.02 Å². The molecular weight excluding hydrogens is 623 g/mol. The number of ether oxygens (including phenoxy) is 3. The smallest absolute Gasteiger partial charge is 0.387 e. The molecule has 1 aliphatic carbocycles. The lowest BCUT2D eigenvalue weighted by Crippen LogP contribution is -2.46. The van der Waals surface area contributed by atoms with E-state index in [0.29, 0.717) is 28.4 Å². The normalized spacial score (nSPS) is 21.2. The first-order chi connectivity index (χ1) is 21.2. The lowest BCUT2D eigenvalue weighted by atomic mass is 9.99. The zero-order valence-electron chi connectivity index (χ0n) is 23.2. The molecule has 0 amide bonds. The Morgan fingerprint density at radius 3 is 2.55 bits per heavy atom. The molecule has 0 radical (unpaired) electrons. The number of nitrogens with zero attached hydrogens (tertiary/aromatic N) is 3. The number of methoxy groups -OCH3 is 1. The van der Waals surface area contributed by atoms with Crippen molar-refractivity contribution in [2.75, 3.05) is 12.0 Å². The summed E-state index contributed by atoms with van der Waals surface area (Å²) in [7, 11) is 1.24. The highest BCUT2D eigenvalue weighted by Gasteiger charge is 2.45. The predicted molar refractivity (Wildman–Crippen MR) is 154 cm³/mol. The summed E-state index contributed by atoms with van der Waals surface area (Å²) in [5.41, 5.74) is 0.405. The Kier molecular flexibility index (Phi) is 7.40. The molecule has 7 rings (SSSR count). The fourth-order valence-electron chi connectivity index (χ4n) is 6.29. The van der Waals surface area contributed by atoms with E-state index in [0.717, 1.165) is 31.7 Å². The number of hydrogen-bond acceptors (Lipinski definition) is 10. The molecule has 0 spiro atoms. The molecule has 14 heteroatoms. The quantitative estimate of drug-likeness (QED) is 0.181. The van der Waals surface area contributed by atoms with Crippen LogP contribution < -0.4 is 9.64 Å². The number of anilines is 1. The van der Waals surface area contributed by atoms with Gasteiger partial charge in [-0.3, -0.25) is 0 Å². The summed E-state index contributed by atoms with van der Waals surface area (Å²) in [4.78, 5) is 32.4. The monoisotopic (exact) mass is 647 g/mol. The van der Waals surface area contributed by atoms with Crippen molar-refractivity contribution in [1.82, 2.24) is 10.1 Å². The van der Waals surface area contributed by atoms with Crippen molar-refractivity contribution in [1.29, 1.82) is 0 Å². The largest absolute Gasteiger partial charge is 0.465 e. The molecule has 0 N–H and O–H groups in total. The summed E-state index contributed by atoms with van der Waals surface area (Å²) >= 11 is 7.70. The van der Waals surface area contributed by atoms with Crippen LogP contribution in [0.5, 0.6) is 5.75 Å². The molecule has 230 valence electrons. The van der Waals surface area contributed by atoms with Gasteiger partial charge in [-0.25, -0.2) is 19.0 Å². The molecule has 2 aliphatic heterocycles. The Morgan fingerprint density at radius 1 is 1.11 bits per heavy atom. The zero-order chi connectivity index (χ0) is 30.7. The molecule has 1 saturated carbocycles. The van der Waals surface area contributed by atoms with Crippen molar-refractivity contribution in [3.8, 4) is 17.0 Å².